The summed E-state index contributed by atoms with van der Waals surface area (Å²) in [4.78, 5) is 0. The molecule has 0 bridgehead atoms. The molecule has 1 aromatic rings. The van der Waals surface area contributed by atoms with Crippen molar-refractivity contribution in [2.75, 3.05) is 13.2 Å². The van der Waals surface area contributed by atoms with Crippen LogP contribution >= 0.6 is 0 Å². The zero-order chi connectivity index (χ0) is 15.7. The second-order valence-electron chi connectivity index (χ2n) is 5.63. The van der Waals surface area contributed by atoms with Crippen LogP contribution in [0.5, 0.6) is 5.75 Å². The van der Waals surface area contributed by atoms with Crippen molar-refractivity contribution in [3.8, 4) is 5.75 Å². The molecule has 21 heavy (non-hydrogen) atoms. The average Bonchev–Trinajstić information content (AvgIpc) is 2.45. The highest BCUT2D eigenvalue weighted by atomic mass is 28.4. The minimum atomic E-state index is -1.82. The van der Waals surface area contributed by atoms with Crippen LogP contribution in [0.1, 0.15) is 12.0 Å². The molecular formula is C16H26O4Si. The van der Waals surface area contributed by atoms with E-state index in [9.17, 15) is 10.2 Å². The quantitative estimate of drug-likeness (QED) is 0.396. The zero-order valence-electron chi connectivity index (χ0n) is 12.9. The van der Waals surface area contributed by atoms with Crippen LogP contribution in [-0.4, -0.2) is 38.0 Å². The molecule has 0 aliphatic rings. The lowest BCUT2D eigenvalue weighted by molar-refractivity contribution is -0.112. The highest BCUT2D eigenvalue weighted by Gasteiger charge is 2.23. The van der Waals surface area contributed by atoms with Crippen molar-refractivity contribution in [2.45, 2.75) is 38.3 Å². The van der Waals surface area contributed by atoms with Gasteiger partial charge in [0.05, 0.1) is 13.2 Å². The van der Waals surface area contributed by atoms with Crippen molar-refractivity contribution in [3.63, 3.8) is 0 Å². The zero-order valence-corrected chi connectivity index (χ0v) is 13.9. The third-order valence-electron chi connectivity index (χ3n) is 3.24. The summed E-state index contributed by atoms with van der Waals surface area (Å²) in [7, 11) is -1.82. The van der Waals surface area contributed by atoms with Crippen LogP contribution in [0, 0.1) is 0 Å². The van der Waals surface area contributed by atoms with Crippen molar-refractivity contribution >= 4 is 8.32 Å². The Balaban J connectivity index is 2.29. The van der Waals surface area contributed by atoms with Gasteiger partial charge in [0, 0.05) is 0 Å². The Hall–Kier alpha value is -1.14. The van der Waals surface area contributed by atoms with Crippen molar-refractivity contribution in [1.82, 2.24) is 0 Å². The molecule has 0 radical (unpaired) electrons. The maximum absolute atomic E-state index is 9.72. The Labute approximate surface area is 128 Å². The van der Waals surface area contributed by atoms with Gasteiger partial charge in [-0.25, -0.2) is 0 Å². The maximum Gasteiger partial charge on any atom is 0.187 e. The van der Waals surface area contributed by atoms with Gasteiger partial charge in [-0.2, -0.15) is 0 Å². The molecule has 0 fully saturated rings. The monoisotopic (exact) mass is 310 g/mol. The topological polar surface area (TPSA) is 58.9 Å². The third kappa shape index (κ3) is 7.43. The average molecular weight is 310 g/mol. The van der Waals surface area contributed by atoms with E-state index in [0.29, 0.717) is 12.4 Å². The van der Waals surface area contributed by atoms with Crippen molar-refractivity contribution in [3.05, 3.63) is 42.5 Å². The number of rotatable bonds is 10. The van der Waals surface area contributed by atoms with Crippen LogP contribution < -0.4 is 0 Å². The first-order chi connectivity index (χ1) is 9.94. The lowest BCUT2D eigenvalue weighted by Crippen LogP contribution is -2.34. The molecule has 0 spiro atoms. The maximum atomic E-state index is 9.72. The van der Waals surface area contributed by atoms with Gasteiger partial charge < -0.3 is 19.4 Å². The predicted octanol–water partition coefficient (Wildman–Crippen LogP) is 3.07. The number of para-hydroxylation sites is 1. The van der Waals surface area contributed by atoms with E-state index < -0.39 is 14.6 Å². The van der Waals surface area contributed by atoms with Crippen LogP contribution in [-0.2, 0) is 15.6 Å². The normalized spacial score (nSPS) is 13.1. The minimum Gasteiger partial charge on any atom is -0.508 e. The van der Waals surface area contributed by atoms with E-state index in [1.165, 1.54) is 0 Å². The molecule has 2 N–H and O–H groups in total. The van der Waals surface area contributed by atoms with Gasteiger partial charge in [0.1, 0.15) is 5.75 Å². The first-order valence-electron chi connectivity index (χ1n) is 7.26. The van der Waals surface area contributed by atoms with Crippen molar-refractivity contribution < 1.29 is 19.4 Å². The molecule has 0 aromatic heterocycles. The van der Waals surface area contributed by atoms with Crippen LogP contribution in [0.4, 0.5) is 0 Å². The number of hydrogen-bond donors (Lipinski definition) is 2. The molecular weight excluding hydrogens is 284 g/mol. The number of benzene rings is 1. The van der Waals surface area contributed by atoms with Crippen LogP contribution in [0.25, 0.3) is 0 Å². The van der Waals surface area contributed by atoms with E-state index in [-0.39, 0.29) is 6.61 Å². The molecule has 0 aliphatic heterocycles. The van der Waals surface area contributed by atoms with Crippen molar-refractivity contribution in [1.29, 1.82) is 0 Å². The molecule has 1 aromatic carbocycles. The first kappa shape index (κ1) is 17.9. The summed E-state index contributed by atoms with van der Waals surface area (Å²) >= 11 is 0. The van der Waals surface area contributed by atoms with Gasteiger partial charge in [0.15, 0.2) is 14.6 Å². The Morgan fingerprint density at radius 2 is 2.05 bits per heavy atom. The second kappa shape index (κ2) is 8.99. The molecule has 0 saturated heterocycles. The van der Waals surface area contributed by atoms with E-state index in [1.54, 1.807) is 12.1 Å². The number of aliphatic hydroxyl groups excluding tert-OH is 1. The van der Waals surface area contributed by atoms with Gasteiger partial charge in [-0.05, 0) is 43.6 Å². The van der Waals surface area contributed by atoms with E-state index in [4.69, 9.17) is 9.16 Å². The Morgan fingerprint density at radius 1 is 1.33 bits per heavy atom. The van der Waals surface area contributed by atoms with Gasteiger partial charge in [-0.1, -0.05) is 24.3 Å². The van der Waals surface area contributed by atoms with Gasteiger partial charge in [0.25, 0.3) is 0 Å². The fraction of sp³-hybridized carbons (Fsp3) is 0.500. The summed E-state index contributed by atoms with van der Waals surface area (Å²) in [5.41, 5.74) is 0.969. The fourth-order valence-corrected chi connectivity index (χ4v) is 3.79. The molecule has 0 amide bonds. The van der Waals surface area contributed by atoms with Gasteiger partial charge in [-0.15, -0.1) is 6.58 Å². The molecule has 1 unspecified atom stereocenters. The summed E-state index contributed by atoms with van der Waals surface area (Å²) in [5, 5.41) is 19.3. The van der Waals surface area contributed by atoms with Crippen LogP contribution in [0.2, 0.25) is 19.1 Å². The SMILES string of the molecule is C=CCOC(O)CO[Si](C)(C)CCCc1ccccc1O. The third-order valence-corrected chi connectivity index (χ3v) is 5.75. The molecule has 0 aliphatic carbocycles. The fourth-order valence-electron chi connectivity index (χ4n) is 2.02. The highest BCUT2D eigenvalue weighted by molar-refractivity contribution is 6.71. The van der Waals surface area contributed by atoms with Crippen LogP contribution in [0.15, 0.2) is 36.9 Å². The Morgan fingerprint density at radius 3 is 2.71 bits per heavy atom. The number of aliphatic hydroxyl groups is 1. The smallest absolute Gasteiger partial charge is 0.187 e. The molecule has 4 nitrogen and oxygen atoms in total. The molecule has 1 atom stereocenters. The molecule has 5 heteroatoms. The highest BCUT2D eigenvalue weighted by Crippen LogP contribution is 2.21. The van der Waals surface area contributed by atoms with Gasteiger partial charge in [-0.3, -0.25) is 0 Å². The number of aryl methyl sites for hydroxylation is 1. The van der Waals surface area contributed by atoms with E-state index >= 15 is 0 Å². The summed E-state index contributed by atoms with van der Waals surface area (Å²) in [6.45, 7) is 8.29. The van der Waals surface area contributed by atoms with E-state index in [1.807, 2.05) is 18.2 Å². The number of ether oxygens (including phenoxy) is 1. The number of aromatic hydroxyl groups is 1. The standard InChI is InChI=1S/C16H26O4Si/c1-4-11-19-16(18)13-20-21(2,3)12-7-9-14-8-5-6-10-15(14)17/h4-6,8,10,16-18H,1,7,9,11-13H2,2-3H3. The first-order valence-corrected chi connectivity index (χ1v) is 10.4. The summed E-state index contributed by atoms with van der Waals surface area (Å²) in [5.74, 6) is 0.353. The lowest BCUT2D eigenvalue weighted by atomic mass is 10.1. The van der Waals surface area contributed by atoms with E-state index in [0.717, 1.165) is 24.4 Å². The Bertz CT molecular complexity index is 434. The molecule has 0 saturated carbocycles. The number of phenolic OH excluding ortho intramolecular Hbond substituents is 1. The summed E-state index contributed by atoms with van der Waals surface area (Å²) < 4.78 is 10.9. The predicted molar refractivity (Wildman–Crippen MR) is 86.8 cm³/mol. The summed E-state index contributed by atoms with van der Waals surface area (Å²) in [6, 6.07) is 8.38. The number of phenols is 1. The molecule has 118 valence electrons. The largest absolute Gasteiger partial charge is 0.508 e. The minimum absolute atomic E-state index is 0.198. The molecule has 0 heterocycles. The number of hydrogen-bond acceptors (Lipinski definition) is 4. The van der Waals surface area contributed by atoms with Crippen molar-refractivity contribution in [2.24, 2.45) is 0 Å². The summed E-state index contributed by atoms with van der Waals surface area (Å²) in [6.07, 6.45) is 2.49. The van der Waals surface area contributed by atoms with E-state index in [2.05, 4.69) is 19.7 Å². The second-order valence-corrected chi connectivity index (χ2v) is 9.94. The molecule has 1 rings (SSSR count). The van der Waals surface area contributed by atoms with Gasteiger partial charge >= 0.3 is 0 Å². The van der Waals surface area contributed by atoms with Crippen LogP contribution in [0.3, 0.4) is 0 Å². The lowest BCUT2D eigenvalue weighted by Gasteiger charge is -2.24. The Kier molecular flexibility index (Phi) is 7.67. The van der Waals surface area contributed by atoms with Gasteiger partial charge in [0.2, 0.25) is 0 Å².